The number of aldehydes is 1. The second kappa shape index (κ2) is 4.56. The molecule has 94 valence electrons. The lowest BCUT2D eigenvalue weighted by Gasteiger charge is -2.00. The average molecular weight is 251 g/mol. The molecule has 0 atom stereocenters. The fraction of sp³-hybridized carbons (Fsp3) is 0.167. The third kappa shape index (κ3) is 1.85. The molecular formula is C12H11F2N3O. The lowest BCUT2D eigenvalue weighted by atomic mass is 10.1. The van der Waals surface area contributed by atoms with Crippen LogP contribution in [0.3, 0.4) is 0 Å². The number of nitrogen functional groups attached to an aromatic ring is 1. The number of benzene rings is 1. The molecule has 2 rings (SSSR count). The molecule has 0 amide bonds. The van der Waals surface area contributed by atoms with Crippen molar-refractivity contribution in [2.24, 2.45) is 0 Å². The third-order valence-electron chi connectivity index (χ3n) is 2.63. The fourth-order valence-electron chi connectivity index (χ4n) is 1.72. The largest absolute Gasteiger partial charge is 0.383 e. The van der Waals surface area contributed by atoms with E-state index in [0.717, 1.165) is 18.2 Å². The van der Waals surface area contributed by atoms with Gasteiger partial charge >= 0.3 is 0 Å². The number of carbonyl (C=O) groups is 1. The van der Waals surface area contributed by atoms with E-state index in [2.05, 4.69) is 5.10 Å². The summed E-state index contributed by atoms with van der Waals surface area (Å²) in [5.74, 6) is -1.11. The molecule has 0 spiro atoms. The predicted octanol–water partition coefficient (Wildman–Crippen LogP) is 2.24. The van der Waals surface area contributed by atoms with Gasteiger partial charge in [0, 0.05) is 12.1 Å². The second-order valence-corrected chi connectivity index (χ2v) is 3.71. The molecule has 0 aliphatic carbocycles. The normalized spacial score (nSPS) is 10.6. The number of nitrogens with zero attached hydrogens (tertiary/aromatic N) is 2. The quantitative estimate of drug-likeness (QED) is 0.851. The van der Waals surface area contributed by atoms with Crippen LogP contribution in [-0.2, 0) is 6.54 Å². The highest BCUT2D eigenvalue weighted by atomic mass is 19.1. The molecule has 4 nitrogen and oxygen atoms in total. The SMILES string of the molecule is CCn1nc(-c2cc(F)ccc2F)c(C=O)c1N. The summed E-state index contributed by atoms with van der Waals surface area (Å²) in [4.78, 5) is 11.0. The highest BCUT2D eigenvalue weighted by Gasteiger charge is 2.19. The summed E-state index contributed by atoms with van der Waals surface area (Å²) in [6, 6.07) is 2.98. The van der Waals surface area contributed by atoms with Crippen molar-refractivity contribution in [1.82, 2.24) is 9.78 Å². The van der Waals surface area contributed by atoms with E-state index in [0.29, 0.717) is 12.8 Å². The summed E-state index contributed by atoms with van der Waals surface area (Å²) in [5.41, 5.74) is 5.76. The van der Waals surface area contributed by atoms with Crippen LogP contribution in [0.25, 0.3) is 11.3 Å². The predicted molar refractivity (Wildman–Crippen MR) is 63.1 cm³/mol. The maximum Gasteiger partial charge on any atom is 0.156 e. The molecule has 0 fully saturated rings. The Labute approximate surface area is 102 Å². The van der Waals surface area contributed by atoms with Crippen LogP contribution in [0, 0.1) is 11.6 Å². The van der Waals surface area contributed by atoms with Crippen molar-refractivity contribution in [2.75, 3.05) is 5.73 Å². The minimum Gasteiger partial charge on any atom is -0.383 e. The van der Waals surface area contributed by atoms with Crippen LogP contribution in [0.2, 0.25) is 0 Å². The Kier molecular flexibility index (Phi) is 3.10. The van der Waals surface area contributed by atoms with E-state index in [1.807, 2.05) is 0 Å². The highest BCUT2D eigenvalue weighted by molar-refractivity contribution is 5.91. The van der Waals surface area contributed by atoms with E-state index in [-0.39, 0.29) is 22.6 Å². The Morgan fingerprint density at radius 1 is 1.44 bits per heavy atom. The van der Waals surface area contributed by atoms with Gasteiger partial charge < -0.3 is 5.73 Å². The molecule has 0 saturated carbocycles. The van der Waals surface area contributed by atoms with Gasteiger partial charge in [-0.25, -0.2) is 13.5 Å². The summed E-state index contributed by atoms with van der Waals surface area (Å²) in [6.45, 7) is 2.22. The maximum atomic E-state index is 13.6. The number of rotatable bonds is 3. The van der Waals surface area contributed by atoms with Crippen molar-refractivity contribution < 1.29 is 13.6 Å². The van der Waals surface area contributed by atoms with E-state index < -0.39 is 11.6 Å². The average Bonchev–Trinajstić information content (AvgIpc) is 2.68. The van der Waals surface area contributed by atoms with Crippen LogP contribution in [0.1, 0.15) is 17.3 Å². The fourth-order valence-corrected chi connectivity index (χ4v) is 1.72. The van der Waals surface area contributed by atoms with Crippen molar-refractivity contribution in [3.05, 3.63) is 35.4 Å². The molecule has 2 N–H and O–H groups in total. The molecule has 6 heteroatoms. The zero-order valence-electron chi connectivity index (χ0n) is 9.65. The number of carbonyl (C=O) groups excluding carboxylic acids is 1. The zero-order chi connectivity index (χ0) is 13.3. The molecule has 1 aromatic carbocycles. The number of halogens is 2. The molecule has 18 heavy (non-hydrogen) atoms. The Morgan fingerprint density at radius 3 is 2.78 bits per heavy atom. The summed E-state index contributed by atoms with van der Waals surface area (Å²) < 4.78 is 28.1. The number of hydrogen-bond donors (Lipinski definition) is 1. The molecule has 0 bridgehead atoms. The highest BCUT2D eigenvalue weighted by Crippen LogP contribution is 2.28. The molecule has 2 aromatic rings. The van der Waals surface area contributed by atoms with Crippen molar-refractivity contribution in [3.63, 3.8) is 0 Å². The van der Waals surface area contributed by atoms with E-state index in [9.17, 15) is 13.6 Å². The van der Waals surface area contributed by atoms with Crippen LogP contribution in [0.4, 0.5) is 14.6 Å². The van der Waals surface area contributed by atoms with Crippen LogP contribution in [0.5, 0.6) is 0 Å². The Morgan fingerprint density at radius 2 is 2.17 bits per heavy atom. The Balaban J connectivity index is 2.70. The first kappa shape index (κ1) is 12.2. The maximum absolute atomic E-state index is 13.6. The summed E-state index contributed by atoms with van der Waals surface area (Å²) >= 11 is 0. The van der Waals surface area contributed by atoms with E-state index in [1.54, 1.807) is 6.92 Å². The van der Waals surface area contributed by atoms with Crippen LogP contribution in [-0.4, -0.2) is 16.1 Å². The molecule has 0 saturated heterocycles. The van der Waals surface area contributed by atoms with Gasteiger partial charge in [0.15, 0.2) is 6.29 Å². The van der Waals surface area contributed by atoms with Gasteiger partial charge in [-0.2, -0.15) is 5.10 Å². The molecule has 0 radical (unpaired) electrons. The van der Waals surface area contributed by atoms with Gasteiger partial charge in [-0.3, -0.25) is 4.79 Å². The lowest BCUT2D eigenvalue weighted by molar-refractivity contribution is 0.112. The number of aromatic nitrogens is 2. The minimum absolute atomic E-state index is 0.0568. The smallest absolute Gasteiger partial charge is 0.156 e. The minimum atomic E-state index is -0.653. The van der Waals surface area contributed by atoms with Gasteiger partial charge in [0.1, 0.15) is 23.1 Å². The van der Waals surface area contributed by atoms with Gasteiger partial charge in [-0.1, -0.05) is 0 Å². The van der Waals surface area contributed by atoms with Gasteiger partial charge in [-0.05, 0) is 25.1 Å². The summed E-state index contributed by atoms with van der Waals surface area (Å²) in [7, 11) is 0. The van der Waals surface area contributed by atoms with E-state index >= 15 is 0 Å². The number of nitrogens with two attached hydrogens (primary N) is 1. The monoisotopic (exact) mass is 251 g/mol. The van der Waals surface area contributed by atoms with E-state index in [1.165, 1.54) is 4.68 Å². The third-order valence-corrected chi connectivity index (χ3v) is 2.63. The number of aryl methyl sites for hydroxylation is 1. The lowest BCUT2D eigenvalue weighted by Crippen LogP contribution is -2.02. The zero-order valence-corrected chi connectivity index (χ0v) is 9.65. The van der Waals surface area contributed by atoms with Crippen molar-refractivity contribution in [2.45, 2.75) is 13.5 Å². The van der Waals surface area contributed by atoms with Crippen LogP contribution < -0.4 is 5.73 Å². The second-order valence-electron chi connectivity index (χ2n) is 3.71. The first-order valence-corrected chi connectivity index (χ1v) is 5.35. The van der Waals surface area contributed by atoms with Crippen LogP contribution >= 0.6 is 0 Å². The molecule has 1 aromatic heterocycles. The van der Waals surface area contributed by atoms with Gasteiger partial charge in [0.25, 0.3) is 0 Å². The molecule has 1 heterocycles. The number of anilines is 1. The van der Waals surface area contributed by atoms with Gasteiger partial charge in [0.2, 0.25) is 0 Å². The van der Waals surface area contributed by atoms with Gasteiger partial charge in [-0.15, -0.1) is 0 Å². The molecule has 0 aliphatic heterocycles. The topological polar surface area (TPSA) is 60.9 Å². The Hall–Kier alpha value is -2.24. The van der Waals surface area contributed by atoms with Crippen molar-refractivity contribution in [3.8, 4) is 11.3 Å². The van der Waals surface area contributed by atoms with Gasteiger partial charge in [0.05, 0.1) is 5.56 Å². The van der Waals surface area contributed by atoms with Crippen molar-refractivity contribution >= 4 is 12.1 Å². The molecule has 0 aliphatic rings. The van der Waals surface area contributed by atoms with E-state index in [4.69, 9.17) is 5.73 Å². The standard InChI is InChI=1S/C12H11F2N3O/c1-2-17-12(15)9(6-18)11(16-17)8-5-7(13)3-4-10(8)14/h3-6H,2,15H2,1H3. The summed E-state index contributed by atoms with van der Waals surface area (Å²) in [5, 5.41) is 4.03. The molecule has 0 unspecified atom stereocenters. The van der Waals surface area contributed by atoms with Crippen molar-refractivity contribution in [1.29, 1.82) is 0 Å². The van der Waals surface area contributed by atoms with Crippen LogP contribution in [0.15, 0.2) is 18.2 Å². The Bertz CT molecular complexity index is 608. The number of hydrogen-bond acceptors (Lipinski definition) is 3. The molecular weight excluding hydrogens is 240 g/mol. The first-order valence-electron chi connectivity index (χ1n) is 5.35. The summed E-state index contributed by atoms with van der Waals surface area (Å²) in [6.07, 6.45) is 0.494. The first-order chi connectivity index (χ1) is 8.58.